The molecule has 1 saturated heterocycles. The fourth-order valence-corrected chi connectivity index (χ4v) is 6.14. The number of fused-ring (bicyclic) bond motifs is 2. The van der Waals surface area contributed by atoms with E-state index in [1.54, 1.807) is 24.7 Å². The number of sulfonamides is 1. The normalized spacial score (nSPS) is 22.0. The molecule has 30 heavy (non-hydrogen) atoms. The van der Waals surface area contributed by atoms with Crippen molar-refractivity contribution in [3.05, 3.63) is 23.8 Å². The highest BCUT2D eigenvalue weighted by atomic mass is 32.2. The Balaban J connectivity index is 1.41. The Morgan fingerprint density at radius 1 is 1.20 bits per heavy atom. The SMILES string of the molecule is Cc1cc2n(n1)C1(CCN(S(=O)(=O)c3cn(C)c(C)n3)CC1)CC(=O)N2CC1CC1. The lowest BCUT2D eigenvalue weighted by molar-refractivity contribution is -0.122. The molecule has 1 amide bonds. The van der Waals surface area contributed by atoms with Crippen molar-refractivity contribution in [2.45, 2.75) is 56.5 Å². The zero-order chi connectivity index (χ0) is 21.3. The number of hydrogen-bond acceptors (Lipinski definition) is 5. The van der Waals surface area contributed by atoms with E-state index < -0.39 is 15.6 Å². The lowest BCUT2D eigenvalue weighted by Crippen LogP contribution is -2.55. The van der Waals surface area contributed by atoms with Crippen molar-refractivity contribution in [3.8, 4) is 0 Å². The van der Waals surface area contributed by atoms with E-state index in [4.69, 9.17) is 5.10 Å². The van der Waals surface area contributed by atoms with Crippen molar-refractivity contribution < 1.29 is 13.2 Å². The number of carbonyl (C=O) groups excluding carboxylic acids is 1. The van der Waals surface area contributed by atoms with Gasteiger partial charge in [0.1, 0.15) is 11.6 Å². The van der Waals surface area contributed by atoms with Crippen LogP contribution in [0.25, 0.3) is 0 Å². The van der Waals surface area contributed by atoms with Crippen molar-refractivity contribution >= 4 is 21.7 Å². The molecule has 5 rings (SSSR count). The van der Waals surface area contributed by atoms with Gasteiger partial charge in [0, 0.05) is 38.9 Å². The molecular formula is C20H28N6O3S. The monoisotopic (exact) mass is 432 g/mol. The average Bonchev–Trinajstić information content (AvgIpc) is 3.33. The summed E-state index contributed by atoms with van der Waals surface area (Å²) < 4.78 is 31.4. The summed E-state index contributed by atoms with van der Waals surface area (Å²) in [6.45, 7) is 5.20. The van der Waals surface area contributed by atoms with Crippen LogP contribution in [-0.4, -0.2) is 57.6 Å². The number of carbonyl (C=O) groups is 1. The van der Waals surface area contributed by atoms with Crippen molar-refractivity contribution in [3.63, 3.8) is 0 Å². The van der Waals surface area contributed by atoms with E-state index in [0.717, 1.165) is 18.1 Å². The second-order valence-corrected chi connectivity index (χ2v) is 10.9. The molecule has 0 bridgehead atoms. The second kappa shape index (κ2) is 6.65. The van der Waals surface area contributed by atoms with E-state index in [-0.39, 0.29) is 10.9 Å². The molecule has 4 heterocycles. The van der Waals surface area contributed by atoms with Crippen molar-refractivity contribution in [2.75, 3.05) is 24.5 Å². The zero-order valence-electron chi connectivity index (χ0n) is 17.7. The quantitative estimate of drug-likeness (QED) is 0.731. The molecule has 0 N–H and O–H groups in total. The highest BCUT2D eigenvalue weighted by molar-refractivity contribution is 7.89. The van der Waals surface area contributed by atoms with Crippen LogP contribution in [0.2, 0.25) is 0 Å². The molecule has 2 aromatic heterocycles. The van der Waals surface area contributed by atoms with Crippen molar-refractivity contribution in [1.82, 2.24) is 23.6 Å². The van der Waals surface area contributed by atoms with Gasteiger partial charge in [-0.3, -0.25) is 9.69 Å². The third kappa shape index (κ3) is 3.08. The third-order valence-electron chi connectivity index (χ3n) is 6.80. The summed E-state index contributed by atoms with van der Waals surface area (Å²) in [5.41, 5.74) is 0.436. The number of hydrogen-bond donors (Lipinski definition) is 0. The van der Waals surface area contributed by atoms with Gasteiger partial charge in [0.2, 0.25) is 5.91 Å². The lowest BCUT2D eigenvalue weighted by Gasteiger charge is -2.46. The number of aryl methyl sites for hydroxylation is 3. The Labute approximate surface area is 176 Å². The smallest absolute Gasteiger partial charge is 0.262 e. The Bertz CT molecular complexity index is 1090. The molecule has 0 aromatic carbocycles. The first-order chi connectivity index (χ1) is 14.2. The van der Waals surface area contributed by atoms with Crippen molar-refractivity contribution in [2.24, 2.45) is 13.0 Å². The average molecular weight is 433 g/mol. The number of aromatic nitrogens is 4. The number of imidazole rings is 1. The van der Waals surface area contributed by atoms with E-state index in [1.165, 1.54) is 17.1 Å². The Morgan fingerprint density at radius 2 is 1.90 bits per heavy atom. The summed E-state index contributed by atoms with van der Waals surface area (Å²) in [5.74, 6) is 2.26. The van der Waals surface area contributed by atoms with Gasteiger partial charge in [-0.1, -0.05) is 0 Å². The van der Waals surface area contributed by atoms with Crippen molar-refractivity contribution in [1.29, 1.82) is 0 Å². The number of rotatable bonds is 4. The van der Waals surface area contributed by atoms with Gasteiger partial charge in [0.15, 0.2) is 5.03 Å². The van der Waals surface area contributed by atoms with Crippen LogP contribution in [-0.2, 0) is 27.4 Å². The molecule has 3 aliphatic rings. The fourth-order valence-electron chi connectivity index (χ4n) is 4.67. The van der Waals surface area contributed by atoms with Gasteiger partial charge in [-0.15, -0.1) is 0 Å². The lowest BCUT2D eigenvalue weighted by atomic mass is 9.83. The van der Waals surface area contributed by atoms with Gasteiger partial charge in [0.25, 0.3) is 10.0 Å². The van der Waals surface area contributed by atoms with E-state index >= 15 is 0 Å². The molecule has 162 valence electrons. The summed E-state index contributed by atoms with van der Waals surface area (Å²) in [6.07, 6.45) is 5.43. The summed E-state index contributed by atoms with van der Waals surface area (Å²) in [6, 6.07) is 1.99. The fraction of sp³-hybridized carbons (Fsp3) is 0.650. The van der Waals surface area contributed by atoms with Crippen LogP contribution in [0.15, 0.2) is 17.3 Å². The molecule has 10 heteroatoms. The first kappa shape index (κ1) is 19.7. The molecule has 2 aromatic rings. The summed E-state index contributed by atoms with van der Waals surface area (Å²) in [7, 11) is -1.86. The first-order valence-electron chi connectivity index (χ1n) is 10.6. The van der Waals surface area contributed by atoms with Crippen LogP contribution in [0.4, 0.5) is 5.82 Å². The van der Waals surface area contributed by atoms with Gasteiger partial charge in [-0.05, 0) is 45.4 Å². The Morgan fingerprint density at radius 3 is 2.50 bits per heavy atom. The molecule has 2 fully saturated rings. The zero-order valence-corrected chi connectivity index (χ0v) is 18.5. The maximum Gasteiger partial charge on any atom is 0.262 e. The maximum atomic E-state index is 13.1. The minimum atomic E-state index is -3.65. The van der Waals surface area contributed by atoms with Crippen LogP contribution >= 0.6 is 0 Å². The molecule has 0 unspecified atom stereocenters. The van der Waals surface area contributed by atoms with Gasteiger partial charge in [-0.25, -0.2) is 18.1 Å². The molecule has 2 aliphatic heterocycles. The van der Waals surface area contributed by atoms with E-state index in [2.05, 4.69) is 4.98 Å². The highest BCUT2D eigenvalue weighted by Gasteiger charge is 2.48. The predicted octanol–water partition coefficient (Wildman–Crippen LogP) is 1.56. The van der Waals surface area contributed by atoms with Gasteiger partial charge >= 0.3 is 0 Å². The molecule has 1 aliphatic carbocycles. The Kier molecular flexibility index (Phi) is 4.38. The summed E-state index contributed by atoms with van der Waals surface area (Å²) in [5, 5.41) is 4.83. The van der Waals surface area contributed by atoms with Gasteiger partial charge in [0.05, 0.1) is 17.7 Å². The van der Waals surface area contributed by atoms with Crippen LogP contribution < -0.4 is 4.90 Å². The summed E-state index contributed by atoms with van der Waals surface area (Å²) in [4.78, 5) is 19.2. The molecule has 0 atom stereocenters. The van der Waals surface area contributed by atoms with Gasteiger partial charge in [-0.2, -0.15) is 9.40 Å². The third-order valence-corrected chi connectivity index (χ3v) is 8.57. The van der Waals surface area contributed by atoms with Gasteiger partial charge < -0.3 is 4.57 Å². The number of anilines is 1. The van der Waals surface area contributed by atoms with E-state index in [0.29, 0.717) is 44.1 Å². The molecule has 9 nitrogen and oxygen atoms in total. The minimum absolute atomic E-state index is 0.0874. The van der Waals surface area contributed by atoms with Crippen LogP contribution in [0, 0.1) is 19.8 Å². The van der Waals surface area contributed by atoms with Crippen LogP contribution in [0.3, 0.4) is 0 Å². The molecule has 1 saturated carbocycles. The van der Waals surface area contributed by atoms with E-state index in [1.807, 2.05) is 22.6 Å². The minimum Gasteiger partial charge on any atom is -0.337 e. The summed E-state index contributed by atoms with van der Waals surface area (Å²) >= 11 is 0. The molecular weight excluding hydrogens is 404 g/mol. The Hall–Kier alpha value is -2.20. The number of piperidine rings is 1. The van der Waals surface area contributed by atoms with Crippen LogP contribution in [0.1, 0.15) is 43.6 Å². The highest BCUT2D eigenvalue weighted by Crippen LogP contribution is 2.43. The molecule has 0 radical (unpaired) electrons. The van der Waals surface area contributed by atoms with Crippen LogP contribution in [0.5, 0.6) is 0 Å². The maximum absolute atomic E-state index is 13.1. The second-order valence-electron chi connectivity index (χ2n) is 9.05. The number of nitrogens with zero attached hydrogens (tertiary/aromatic N) is 6. The largest absolute Gasteiger partial charge is 0.337 e. The van der Waals surface area contributed by atoms with E-state index in [9.17, 15) is 13.2 Å². The molecule has 1 spiro atoms. The number of amides is 1. The standard InChI is InChI=1S/C20H28N6O3S/c1-14-10-18-25(12-16-4-5-16)19(27)11-20(26(18)22-14)6-8-24(9-7-20)30(28,29)17-13-23(3)15(2)21-17/h10,13,16H,4-9,11-12H2,1-3H3. The topological polar surface area (TPSA) is 93.3 Å². The predicted molar refractivity (Wildman–Crippen MR) is 111 cm³/mol. The first-order valence-corrected chi connectivity index (χ1v) is 12.0.